The first-order chi connectivity index (χ1) is 17.5. The molecule has 2 heterocycles. The Morgan fingerprint density at radius 1 is 1.31 bits per heavy atom. The van der Waals surface area contributed by atoms with Crippen LogP contribution in [0.1, 0.15) is 47.0 Å². The number of benzene rings is 1. The molecule has 188 valence electrons. The molecule has 0 fully saturated rings. The molecule has 1 aliphatic rings. The molecule has 10 heteroatoms. The second kappa shape index (κ2) is 11.7. The summed E-state index contributed by atoms with van der Waals surface area (Å²) in [5.74, 6) is 0.631. The zero-order valence-electron chi connectivity index (χ0n) is 20.4. The van der Waals surface area contributed by atoms with Crippen LogP contribution in [0, 0.1) is 11.3 Å². The van der Waals surface area contributed by atoms with Crippen molar-refractivity contribution in [1.82, 2.24) is 15.1 Å². The molecule has 1 aliphatic carbocycles. The SMILES string of the molecule is CCOc1ccccc1CCC(=O)Nc1sc2c(c1C#N)CCC(OC(=O)NCc1ccnn1C)C2. The highest BCUT2D eigenvalue weighted by atomic mass is 32.1. The van der Waals surface area contributed by atoms with Gasteiger partial charge in [0.25, 0.3) is 0 Å². The number of hydrogen-bond acceptors (Lipinski definition) is 7. The van der Waals surface area contributed by atoms with Crippen LogP contribution in [0.2, 0.25) is 0 Å². The molecule has 0 aliphatic heterocycles. The van der Waals surface area contributed by atoms with Gasteiger partial charge in [0, 0.05) is 31.0 Å². The number of amides is 2. The van der Waals surface area contributed by atoms with Gasteiger partial charge in [0.15, 0.2) is 0 Å². The minimum Gasteiger partial charge on any atom is -0.494 e. The van der Waals surface area contributed by atoms with Gasteiger partial charge in [-0.15, -0.1) is 11.3 Å². The molecule has 0 saturated carbocycles. The summed E-state index contributed by atoms with van der Waals surface area (Å²) >= 11 is 1.39. The van der Waals surface area contributed by atoms with Crippen LogP contribution < -0.4 is 15.4 Å². The highest BCUT2D eigenvalue weighted by molar-refractivity contribution is 7.16. The molecule has 0 spiro atoms. The smallest absolute Gasteiger partial charge is 0.407 e. The monoisotopic (exact) mass is 507 g/mol. The summed E-state index contributed by atoms with van der Waals surface area (Å²) < 4.78 is 12.9. The van der Waals surface area contributed by atoms with Crippen LogP contribution in [-0.4, -0.2) is 34.5 Å². The van der Waals surface area contributed by atoms with Crippen molar-refractivity contribution in [2.45, 2.75) is 51.7 Å². The van der Waals surface area contributed by atoms with Gasteiger partial charge in [-0.25, -0.2) is 4.79 Å². The number of nitrogens with zero attached hydrogens (tertiary/aromatic N) is 3. The van der Waals surface area contributed by atoms with Crippen molar-refractivity contribution in [1.29, 1.82) is 5.26 Å². The quantitative estimate of drug-likeness (QED) is 0.450. The molecule has 0 bridgehead atoms. The molecule has 3 aromatic rings. The Hall–Kier alpha value is -3.84. The Labute approximate surface area is 214 Å². The zero-order valence-corrected chi connectivity index (χ0v) is 21.2. The predicted molar refractivity (Wildman–Crippen MR) is 136 cm³/mol. The number of alkyl carbamates (subject to hydrolysis) is 1. The number of rotatable bonds is 9. The molecule has 1 aromatic carbocycles. The van der Waals surface area contributed by atoms with E-state index in [1.165, 1.54) is 11.3 Å². The summed E-state index contributed by atoms with van der Waals surface area (Å²) in [5, 5.41) is 20.1. The van der Waals surface area contributed by atoms with Crippen molar-refractivity contribution in [3.63, 3.8) is 0 Å². The Balaban J connectivity index is 1.33. The van der Waals surface area contributed by atoms with Crippen LogP contribution in [0.5, 0.6) is 5.75 Å². The van der Waals surface area contributed by atoms with Gasteiger partial charge in [0.1, 0.15) is 22.9 Å². The van der Waals surface area contributed by atoms with Gasteiger partial charge >= 0.3 is 6.09 Å². The molecule has 4 rings (SSSR count). The number of fused-ring (bicyclic) bond motifs is 1. The fraction of sp³-hybridized carbons (Fsp3) is 0.385. The second-order valence-corrected chi connectivity index (χ2v) is 9.58. The minimum absolute atomic E-state index is 0.154. The number of nitriles is 1. The average Bonchev–Trinajstić information content (AvgIpc) is 3.43. The average molecular weight is 508 g/mol. The molecule has 1 unspecified atom stereocenters. The van der Waals surface area contributed by atoms with Gasteiger partial charge in [-0.05, 0) is 49.4 Å². The third kappa shape index (κ3) is 6.04. The van der Waals surface area contributed by atoms with Crippen LogP contribution >= 0.6 is 11.3 Å². The van der Waals surface area contributed by atoms with E-state index in [1.54, 1.807) is 10.9 Å². The minimum atomic E-state index is -0.484. The Morgan fingerprint density at radius 2 is 2.14 bits per heavy atom. The van der Waals surface area contributed by atoms with E-state index in [0.29, 0.717) is 49.4 Å². The number of nitrogens with one attached hydrogen (secondary N) is 2. The summed E-state index contributed by atoms with van der Waals surface area (Å²) in [6.45, 7) is 2.82. The Bertz CT molecular complexity index is 1280. The van der Waals surface area contributed by atoms with Gasteiger partial charge in [-0.2, -0.15) is 10.4 Å². The van der Waals surface area contributed by atoms with E-state index in [0.717, 1.165) is 27.4 Å². The predicted octanol–water partition coefficient (Wildman–Crippen LogP) is 4.11. The Morgan fingerprint density at radius 3 is 2.89 bits per heavy atom. The number of carbonyl (C=O) groups excluding carboxylic acids is 2. The van der Waals surface area contributed by atoms with E-state index < -0.39 is 6.09 Å². The normalized spacial score (nSPS) is 14.4. The number of aryl methyl sites for hydroxylation is 2. The highest BCUT2D eigenvalue weighted by Crippen LogP contribution is 2.38. The topological polar surface area (TPSA) is 118 Å². The maximum atomic E-state index is 12.7. The first-order valence-corrected chi connectivity index (χ1v) is 12.8. The lowest BCUT2D eigenvalue weighted by atomic mass is 9.94. The fourth-order valence-electron chi connectivity index (χ4n) is 4.24. The van der Waals surface area contributed by atoms with E-state index in [-0.39, 0.29) is 18.4 Å². The van der Waals surface area contributed by atoms with Gasteiger partial charge in [0.2, 0.25) is 5.91 Å². The molecular weight excluding hydrogens is 478 g/mol. The van der Waals surface area contributed by atoms with Crippen molar-refractivity contribution >= 4 is 28.3 Å². The molecule has 36 heavy (non-hydrogen) atoms. The van der Waals surface area contributed by atoms with Crippen LogP contribution in [0.15, 0.2) is 36.5 Å². The number of thiophene rings is 1. The number of para-hydroxylation sites is 1. The molecule has 2 amide bonds. The lowest BCUT2D eigenvalue weighted by Crippen LogP contribution is -2.32. The summed E-state index contributed by atoms with van der Waals surface area (Å²) in [5.41, 5.74) is 3.30. The van der Waals surface area contributed by atoms with Crippen molar-refractivity contribution in [3.05, 3.63) is 63.8 Å². The lowest BCUT2D eigenvalue weighted by molar-refractivity contribution is -0.116. The van der Waals surface area contributed by atoms with Crippen molar-refractivity contribution in [2.75, 3.05) is 11.9 Å². The molecule has 2 aromatic heterocycles. The molecular formula is C26H29N5O4S. The zero-order chi connectivity index (χ0) is 25.5. The van der Waals surface area contributed by atoms with Crippen LogP contribution in [0.3, 0.4) is 0 Å². The van der Waals surface area contributed by atoms with E-state index >= 15 is 0 Å². The molecule has 0 saturated heterocycles. The number of aromatic nitrogens is 2. The van der Waals surface area contributed by atoms with Crippen LogP contribution in [0.25, 0.3) is 0 Å². The van der Waals surface area contributed by atoms with Gasteiger partial charge in [0.05, 0.1) is 24.4 Å². The van der Waals surface area contributed by atoms with E-state index in [1.807, 2.05) is 44.3 Å². The lowest BCUT2D eigenvalue weighted by Gasteiger charge is -2.22. The second-order valence-electron chi connectivity index (χ2n) is 8.48. The van der Waals surface area contributed by atoms with E-state index in [4.69, 9.17) is 9.47 Å². The Kier molecular flexibility index (Phi) is 8.23. The number of anilines is 1. The van der Waals surface area contributed by atoms with Gasteiger partial charge in [-0.1, -0.05) is 18.2 Å². The van der Waals surface area contributed by atoms with E-state index in [2.05, 4.69) is 21.8 Å². The van der Waals surface area contributed by atoms with Gasteiger partial charge < -0.3 is 20.1 Å². The molecule has 1 atom stereocenters. The third-order valence-corrected chi connectivity index (χ3v) is 7.26. The maximum absolute atomic E-state index is 12.7. The molecule has 0 radical (unpaired) electrons. The molecule has 2 N–H and O–H groups in total. The maximum Gasteiger partial charge on any atom is 0.407 e. The van der Waals surface area contributed by atoms with E-state index in [9.17, 15) is 14.9 Å². The van der Waals surface area contributed by atoms with Crippen LogP contribution in [0.4, 0.5) is 9.80 Å². The van der Waals surface area contributed by atoms with Crippen molar-refractivity contribution < 1.29 is 19.1 Å². The third-order valence-electron chi connectivity index (χ3n) is 6.09. The fourth-order valence-corrected chi connectivity index (χ4v) is 5.52. The number of hydrogen-bond donors (Lipinski definition) is 2. The largest absolute Gasteiger partial charge is 0.494 e. The van der Waals surface area contributed by atoms with Crippen molar-refractivity contribution in [3.8, 4) is 11.8 Å². The summed E-state index contributed by atoms with van der Waals surface area (Å²) in [6, 6.07) is 11.8. The first-order valence-electron chi connectivity index (χ1n) is 11.9. The summed E-state index contributed by atoms with van der Waals surface area (Å²) in [6.07, 6.45) is 3.48. The highest BCUT2D eigenvalue weighted by Gasteiger charge is 2.28. The summed E-state index contributed by atoms with van der Waals surface area (Å²) in [7, 11) is 1.81. The number of ether oxygens (including phenoxy) is 2. The van der Waals surface area contributed by atoms with Crippen molar-refractivity contribution in [2.24, 2.45) is 7.05 Å². The van der Waals surface area contributed by atoms with Gasteiger partial charge in [-0.3, -0.25) is 9.48 Å². The standard InChI is InChI=1S/C26H29N5O4S/c1-3-34-22-7-5-4-6-17(22)8-11-24(32)30-25-21(15-27)20-10-9-19(14-23(20)36-25)35-26(33)28-16-18-12-13-29-31(18)2/h4-7,12-13,19H,3,8-11,14,16H2,1-2H3,(H,28,33)(H,30,32). The first kappa shape index (κ1) is 25.3. The number of carbonyl (C=O) groups is 2. The molecule has 9 nitrogen and oxygen atoms in total. The summed E-state index contributed by atoms with van der Waals surface area (Å²) in [4.78, 5) is 26.0. The van der Waals surface area contributed by atoms with Crippen LogP contribution in [-0.2, 0) is 42.4 Å².